The first-order valence-electron chi connectivity index (χ1n) is 7.87. The third-order valence-electron chi connectivity index (χ3n) is 4.66. The number of halogens is 1. The third-order valence-corrected chi connectivity index (χ3v) is 5.85. The van der Waals surface area contributed by atoms with Crippen LogP contribution in [0, 0.1) is 11.3 Å². The number of likely N-dealkylation sites (tertiary alicyclic amines) is 1. The van der Waals surface area contributed by atoms with E-state index in [1.165, 1.54) is 56.9 Å². The van der Waals surface area contributed by atoms with Crippen molar-refractivity contribution < 1.29 is 0 Å². The molecule has 1 fully saturated rings. The average Bonchev–Trinajstić information content (AvgIpc) is 2.33. The van der Waals surface area contributed by atoms with Crippen molar-refractivity contribution in [1.82, 2.24) is 4.90 Å². The molecule has 1 rings (SSSR count). The zero-order valence-electron chi connectivity index (χ0n) is 12.8. The maximum absolute atomic E-state index is 3.81. The first-order chi connectivity index (χ1) is 8.56. The third kappa shape index (κ3) is 4.52. The van der Waals surface area contributed by atoms with E-state index in [4.69, 9.17) is 0 Å². The van der Waals surface area contributed by atoms with Crippen LogP contribution in [0.4, 0.5) is 0 Å². The van der Waals surface area contributed by atoms with E-state index in [1.807, 2.05) is 0 Å². The Labute approximate surface area is 123 Å². The highest BCUT2D eigenvalue weighted by Crippen LogP contribution is 2.35. The molecular formula is C16H32BrN. The smallest absolute Gasteiger partial charge is 0.0100 e. The molecule has 1 aliphatic rings. The Balaban J connectivity index is 2.64. The molecule has 2 heteroatoms. The van der Waals surface area contributed by atoms with Crippen molar-refractivity contribution in [2.45, 2.75) is 72.3 Å². The van der Waals surface area contributed by atoms with Crippen molar-refractivity contribution in [3.05, 3.63) is 0 Å². The Kier molecular flexibility index (Phi) is 7.23. The molecule has 108 valence electrons. The topological polar surface area (TPSA) is 3.24 Å². The molecule has 1 saturated heterocycles. The molecule has 0 aliphatic carbocycles. The summed E-state index contributed by atoms with van der Waals surface area (Å²) in [7, 11) is 0. The summed E-state index contributed by atoms with van der Waals surface area (Å²) >= 11 is 3.81. The minimum absolute atomic E-state index is 0.512. The maximum atomic E-state index is 3.81. The van der Waals surface area contributed by atoms with Crippen LogP contribution in [0.5, 0.6) is 0 Å². The molecule has 0 aromatic rings. The van der Waals surface area contributed by atoms with Gasteiger partial charge in [0.05, 0.1) is 0 Å². The van der Waals surface area contributed by atoms with Crippen LogP contribution in [-0.4, -0.2) is 29.4 Å². The molecule has 0 radical (unpaired) electrons. The molecule has 2 atom stereocenters. The van der Waals surface area contributed by atoms with E-state index >= 15 is 0 Å². The minimum atomic E-state index is 0.512. The summed E-state index contributed by atoms with van der Waals surface area (Å²) in [6.45, 7) is 12.1. The van der Waals surface area contributed by atoms with Gasteiger partial charge >= 0.3 is 0 Å². The van der Waals surface area contributed by atoms with Gasteiger partial charge in [-0.25, -0.2) is 0 Å². The lowest BCUT2D eigenvalue weighted by Gasteiger charge is -2.43. The molecule has 1 heterocycles. The number of nitrogens with zero attached hydrogens (tertiary/aromatic N) is 1. The lowest BCUT2D eigenvalue weighted by atomic mass is 9.79. The van der Waals surface area contributed by atoms with Crippen molar-refractivity contribution >= 4 is 15.9 Å². The van der Waals surface area contributed by atoms with E-state index in [-0.39, 0.29) is 0 Å². The van der Waals surface area contributed by atoms with Crippen LogP contribution in [0.2, 0.25) is 0 Å². The molecule has 1 aliphatic heterocycles. The first kappa shape index (κ1) is 16.5. The van der Waals surface area contributed by atoms with Gasteiger partial charge in [0.15, 0.2) is 0 Å². The van der Waals surface area contributed by atoms with Crippen LogP contribution in [-0.2, 0) is 0 Å². The molecule has 0 aromatic heterocycles. The zero-order chi connectivity index (χ0) is 13.6. The van der Waals surface area contributed by atoms with Gasteiger partial charge in [-0.15, -0.1) is 0 Å². The lowest BCUT2D eigenvalue weighted by Crippen LogP contribution is -2.47. The van der Waals surface area contributed by atoms with Gasteiger partial charge in [0.1, 0.15) is 0 Å². The second-order valence-electron chi connectivity index (χ2n) is 6.58. The molecule has 18 heavy (non-hydrogen) atoms. The van der Waals surface area contributed by atoms with E-state index in [1.54, 1.807) is 0 Å². The normalized spacial score (nSPS) is 26.5. The van der Waals surface area contributed by atoms with Crippen LogP contribution in [0.3, 0.4) is 0 Å². The Hall–Kier alpha value is 0.440. The Morgan fingerprint density at radius 1 is 1.17 bits per heavy atom. The number of rotatable bonds is 7. The first-order valence-corrected chi connectivity index (χ1v) is 8.99. The van der Waals surface area contributed by atoms with Crippen LogP contribution in [0.25, 0.3) is 0 Å². The van der Waals surface area contributed by atoms with Crippen molar-refractivity contribution in [3.8, 4) is 0 Å². The molecule has 1 nitrogen and oxygen atoms in total. The van der Waals surface area contributed by atoms with Crippen LogP contribution in [0.15, 0.2) is 0 Å². The van der Waals surface area contributed by atoms with E-state index in [0.29, 0.717) is 5.41 Å². The van der Waals surface area contributed by atoms with Crippen molar-refractivity contribution in [2.75, 3.05) is 18.4 Å². The molecule has 2 unspecified atom stereocenters. The molecule has 0 saturated carbocycles. The second kappa shape index (κ2) is 7.89. The predicted octanol–water partition coefficient (Wildman–Crippen LogP) is 5.09. The fourth-order valence-corrected chi connectivity index (χ4v) is 4.38. The molecule has 0 amide bonds. The minimum Gasteiger partial charge on any atom is -0.300 e. The van der Waals surface area contributed by atoms with Gasteiger partial charge in [0, 0.05) is 17.9 Å². The molecule has 0 N–H and O–H groups in total. The summed E-state index contributed by atoms with van der Waals surface area (Å²) in [6, 6.07) is 0.779. The van der Waals surface area contributed by atoms with Gasteiger partial charge in [-0.2, -0.15) is 0 Å². The van der Waals surface area contributed by atoms with Gasteiger partial charge < -0.3 is 4.90 Å². The number of alkyl halides is 1. The van der Waals surface area contributed by atoms with E-state index in [2.05, 4.69) is 48.5 Å². The zero-order valence-corrected chi connectivity index (χ0v) is 14.4. The highest BCUT2D eigenvalue weighted by atomic mass is 79.9. The summed E-state index contributed by atoms with van der Waals surface area (Å²) in [5.74, 6) is 0.923. The molecule has 0 bridgehead atoms. The van der Waals surface area contributed by atoms with E-state index in [0.717, 1.165) is 12.0 Å². The molecular weight excluding hydrogens is 286 g/mol. The quantitative estimate of drug-likeness (QED) is 0.591. The monoisotopic (exact) mass is 317 g/mol. The summed E-state index contributed by atoms with van der Waals surface area (Å²) in [4.78, 5) is 2.76. The van der Waals surface area contributed by atoms with Crippen LogP contribution >= 0.6 is 15.9 Å². The van der Waals surface area contributed by atoms with Crippen LogP contribution < -0.4 is 0 Å². The van der Waals surface area contributed by atoms with Gasteiger partial charge in [-0.3, -0.25) is 0 Å². The van der Waals surface area contributed by atoms with Crippen molar-refractivity contribution in [1.29, 1.82) is 0 Å². The van der Waals surface area contributed by atoms with Gasteiger partial charge in [0.25, 0.3) is 0 Å². The largest absolute Gasteiger partial charge is 0.300 e. The summed E-state index contributed by atoms with van der Waals surface area (Å²) in [5.41, 5.74) is 0.512. The van der Waals surface area contributed by atoms with Gasteiger partial charge in [0.2, 0.25) is 0 Å². The fourth-order valence-electron chi connectivity index (χ4n) is 3.64. The molecule has 0 aromatic carbocycles. The van der Waals surface area contributed by atoms with E-state index < -0.39 is 0 Å². The van der Waals surface area contributed by atoms with Gasteiger partial charge in [-0.05, 0) is 50.5 Å². The second-order valence-corrected chi connectivity index (χ2v) is 7.14. The summed E-state index contributed by atoms with van der Waals surface area (Å²) in [5, 5.41) is 1.17. The van der Waals surface area contributed by atoms with Crippen LogP contribution in [0.1, 0.15) is 66.2 Å². The average molecular weight is 318 g/mol. The number of hydrogen-bond acceptors (Lipinski definition) is 1. The highest BCUT2D eigenvalue weighted by Gasteiger charge is 2.33. The summed E-state index contributed by atoms with van der Waals surface area (Å²) in [6.07, 6.45) is 8.13. The Morgan fingerprint density at radius 3 is 2.22 bits per heavy atom. The standard InChI is InChI=1S/C16H32BrN/c1-5-8-16(12-17,9-6-2)13-18-10-7-14(3)11-15(18)4/h14-15H,5-13H2,1-4H3. The highest BCUT2D eigenvalue weighted by molar-refractivity contribution is 9.09. The van der Waals surface area contributed by atoms with Crippen molar-refractivity contribution in [2.24, 2.45) is 11.3 Å². The SMILES string of the molecule is CCCC(CBr)(CCC)CN1CCC(C)CC1C. The number of piperidine rings is 1. The predicted molar refractivity (Wildman–Crippen MR) is 85.5 cm³/mol. The fraction of sp³-hybridized carbons (Fsp3) is 1.00. The summed E-state index contributed by atoms with van der Waals surface area (Å²) < 4.78 is 0. The Bertz CT molecular complexity index is 223. The lowest BCUT2D eigenvalue weighted by molar-refractivity contribution is 0.0709. The maximum Gasteiger partial charge on any atom is 0.0100 e. The van der Waals surface area contributed by atoms with E-state index in [9.17, 15) is 0 Å². The van der Waals surface area contributed by atoms with Gasteiger partial charge in [-0.1, -0.05) is 49.5 Å². The van der Waals surface area contributed by atoms with Crippen molar-refractivity contribution in [3.63, 3.8) is 0 Å². The molecule has 0 spiro atoms. The Morgan fingerprint density at radius 2 is 1.78 bits per heavy atom. The number of hydrogen-bond donors (Lipinski definition) is 0.